The highest BCUT2D eigenvalue weighted by atomic mass is 15.3. The van der Waals surface area contributed by atoms with Gasteiger partial charge in [0.15, 0.2) is 11.5 Å². The van der Waals surface area contributed by atoms with Gasteiger partial charge in [0.25, 0.3) is 0 Å². The molecule has 3 aromatic heterocycles. The van der Waals surface area contributed by atoms with Gasteiger partial charge in [0, 0.05) is 37.8 Å². The molecule has 4 rings (SSSR count). The molecule has 0 atom stereocenters. The van der Waals surface area contributed by atoms with Crippen LogP contribution in [0.5, 0.6) is 0 Å². The lowest BCUT2D eigenvalue weighted by molar-refractivity contribution is 0.784. The van der Waals surface area contributed by atoms with Crippen molar-refractivity contribution >= 4 is 22.5 Å². The molecule has 0 aliphatic carbocycles. The number of hydrogen-bond acceptors (Lipinski definition) is 8. The Bertz CT molecular complexity index is 963. The number of aromatic nitrogens is 5. The van der Waals surface area contributed by atoms with Crippen molar-refractivity contribution in [3.05, 3.63) is 42.1 Å². The highest BCUT2D eigenvalue weighted by Crippen LogP contribution is 2.24. The summed E-state index contributed by atoms with van der Waals surface area (Å²) in [7, 11) is 0. The van der Waals surface area contributed by atoms with Crippen molar-refractivity contribution in [2.75, 3.05) is 36.0 Å². The molecule has 1 saturated heterocycles. The van der Waals surface area contributed by atoms with Crippen LogP contribution in [0.3, 0.4) is 0 Å². The summed E-state index contributed by atoms with van der Waals surface area (Å²) in [4.78, 5) is 17.8. The van der Waals surface area contributed by atoms with Gasteiger partial charge in [0.1, 0.15) is 17.7 Å². The summed E-state index contributed by atoms with van der Waals surface area (Å²) in [6, 6.07) is 7.54. The molecule has 0 radical (unpaired) electrons. The van der Waals surface area contributed by atoms with Gasteiger partial charge in [0.05, 0.1) is 11.7 Å². The van der Waals surface area contributed by atoms with Gasteiger partial charge in [-0.3, -0.25) is 4.98 Å². The molecular weight excluding hydrogens is 328 g/mol. The van der Waals surface area contributed by atoms with Crippen LogP contribution in [0, 0.1) is 18.3 Å². The van der Waals surface area contributed by atoms with Gasteiger partial charge in [-0.15, -0.1) is 10.2 Å². The summed E-state index contributed by atoms with van der Waals surface area (Å²) in [6.07, 6.45) is 4.54. The highest BCUT2D eigenvalue weighted by Gasteiger charge is 2.19. The topological polar surface area (TPSA) is 94.7 Å². The minimum absolute atomic E-state index is 0.335. The number of anilines is 2. The van der Waals surface area contributed by atoms with Gasteiger partial charge in [-0.25, -0.2) is 9.97 Å². The van der Waals surface area contributed by atoms with Gasteiger partial charge in [0.2, 0.25) is 0 Å². The molecule has 1 aliphatic rings. The molecule has 4 heterocycles. The summed E-state index contributed by atoms with van der Waals surface area (Å²) < 4.78 is 0. The summed E-state index contributed by atoms with van der Waals surface area (Å²) in [5, 5.41) is 18.0. The fourth-order valence-electron chi connectivity index (χ4n) is 3.23. The maximum atomic E-state index is 8.86. The maximum Gasteiger partial charge on any atom is 0.163 e. The second kappa shape index (κ2) is 6.88. The first-order chi connectivity index (χ1) is 12.7. The summed E-state index contributed by atoms with van der Waals surface area (Å²) in [6.45, 7) is 5.35. The molecule has 0 unspecified atom stereocenters. The molecular formula is C18H18N8. The van der Waals surface area contributed by atoms with Crippen molar-refractivity contribution in [2.45, 2.75) is 13.3 Å². The first-order valence-corrected chi connectivity index (χ1v) is 8.57. The smallest absolute Gasteiger partial charge is 0.163 e. The van der Waals surface area contributed by atoms with Crippen molar-refractivity contribution in [3.63, 3.8) is 0 Å². The molecule has 130 valence electrons. The Kier molecular flexibility index (Phi) is 4.27. The fraction of sp³-hybridized carbons (Fsp3) is 0.333. The van der Waals surface area contributed by atoms with Gasteiger partial charge in [-0.2, -0.15) is 5.26 Å². The Morgan fingerprint density at radius 1 is 1.00 bits per heavy atom. The van der Waals surface area contributed by atoms with E-state index in [0.29, 0.717) is 5.69 Å². The van der Waals surface area contributed by atoms with Crippen LogP contribution in [0.4, 0.5) is 11.6 Å². The highest BCUT2D eigenvalue weighted by molar-refractivity contribution is 5.88. The number of rotatable bonds is 2. The van der Waals surface area contributed by atoms with Crippen molar-refractivity contribution < 1.29 is 0 Å². The Morgan fingerprint density at radius 3 is 2.65 bits per heavy atom. The predicted molar refractivity (Wildman–Crippen MR) is 97.9 cm³/mol. The largest absolute Gasteiger partial charge is 0.354 e. The van der Waals surface area contributed by atoms with E-state index >= 15 is 0 Å². The zero-order valence-electron chi connectivity index (χ0n) is 14.5. The molecule has 1 aliphatic heterocycles. The van der Waals surface area contributed by atoms with E-state index in [-0.39, 0.29) is 0 Å². The molecule has 0 amide bonds. The third kappa shape index (κ3) is 3.11. The van der Waals surface area contributed by atoms with Crippen molar-refractivity contribution in [2.24, 2.45) is 0 Å². The van der Waals surface area contributed by atoms with Crippen molar-refractivity contribution in [1.82, 2.24) is 25.1 Å². The van der Waals surface area contributed by atoms with Crippen LogP contribution in [0.25, 0.3) is 10.9 Å². The van der Waals surface area contributed by atoms with Crippen LogP contribution in [0.15, 0.2) is 30.6 Å². The van der Waals surface area contributed by atoms with Crippen LogP contribution in [-0.4, -0.2) is 51.3 Å². The Labute approximate surface area is 151 Å². The number of pyridine rings is 1. The van der Waals surface area contributed by atoms with E-state index in [1.807, 2.05) is 25.1 Å². The quantitative estimate of drug-likeness (QED) is 0.692. The zero-order valence-corrected chi connectivity index (χ0v) is 14.5. The summed E-state index contributed by atoms with van der Waals surface area (Å²) >= 11 is 0. The second-order valence-electron chi connectivity index (χ2n) is 6.20. The molecule has 0 saturated carbocycles. The number of nitriles is 1. The molecule has 0 bridgehead atoms. The van der Waals surface area contributed by atoms with E-state index < -0.39 is 0 Å². The van der Waals surface area contributed by atoms with Crippen LogP contribution >= 0.6 is 0 Å². The molecule has 0 N–H and O–H groups in total. The summed E-state index contributed by atoms with van der Waals surface area (Å²) in [5.41, 5.74) is 1.20. The van der Waals surface area contributed by atoms with E-state index in [0.717, 1.165) is 61.0 Å². The molecule has 26 heavy (non-hydrogen) atoms. The van der Waals surface area contributed by atoms with Crippen LogP contribution < -0.4 is 9.80 Å². The van der Waals surface area contributed by atoms with Crippen molar-refractivity contribution in [1.29, 1.82) is 5.26 Å². The van der Waals surface area contributed by atoms with Gasteiger partial charge in [-0.1, -0.05) is 0 Å². The molecule has 3 aromatic rings. The molecule has 8 heteroatoms. The maximum absolute atomic E-state index is 8.86. The van der Waals surface area contributed by atoms with Gasteiger partial charge < -0.3 is 9.80 Å². The number of hydrogen-bond donors (Lipinski definition) is 0. The average molecular weight is 346 g/mol. The second-order valence-corrected chi connectivity index (χ2v) is 6.20. The Morgan fingerprint density at radius 2 is 1.85 bits per heavy atom. The standard InChI is InChI=1S/C18H18N8/c1-13-21-16-12-20-6-5-15(16)18(22-13)26-8-2-7-25(9-10-26)17-4-3-14(11-19)23-24-17/h3-6,12H,2,7-10H2,1H3. The molecule has 0 spiro atoms. The lowest BCUT2D eigenvalue weighted by Gasteiger charge is -2.24. The third-order valence-corrected chi connectivity index (χ3v) is 4.48. The lowest BCUT2D eigenvalue weighted by atomic mass is 10.2. The lowest BCUT2D eigenvalue weighted by Crippen LogP contribution is -2.32. The first kappa shape index (κ1) is 16.1. The van der Waals surface area contributed by atoms with E-state index in [4.69, 9.17) is 10.2 Å². The summed E-state index contributed by atoms with van der Waals surface area (Å²) in [5.74, 6) is 2.51. The van der Waals surface area contributed by atoms with E-state index in [2.05, 4.69) is 30.0 Å². The van der Waals surface area contributed by atoms with E-state index in [1.165, 1.54) is 0 Å². The first-order valence-electron chi connectivity index (χ1n) is 8.57. The SMILES string of the molecule is Cc1nc(N2CCCN(c3ccc(C#N)nn3)CC2)c2ccncc2n1. The Hall–Kier alpha value is -3.34. The van der Waals surface area contributed by atoms with Gasteiger partial charge >= 0.3 is 0 Å². The van der Waals surface area contributed by atoms with Gasteiger partial charge in [-0.05, 0) is 31.5 Å². The number of nitrogens with zero attached hydrogens (tertiary/aromatic N) is 8. The van der Waals surface area contributed by atoms with E-state index in [9.17, 15) is 0 Å². The number of aryl methyl sites for hydroxylation is 1. The predicted octanol–water partition coefficient (Wildman–Crippen LogP) is 1.71. The van der Waals surface area contributed by atoms with Crippen LogP contribution in [-0.2, 0) is 0 Å². The monoisotopic (exact) mass is 346 g/mol. The van der Waals surface area contributed by atoms with Crippen LogP contribution in [0.1, 0.15) is 17.9 Å². The molecule has 1 fully saturated rings. The Balaban J connectivity index is 1.58. The van der Waals surface area contributed by atoms with Crippen LogP contribution in [0.2, 0.25) is 0 Å². The zero-order chi connectivity index (χ0) is 17.9. The van der Waals surface area contributed by atoms with E-state index in [1.54, 1.807) is 18.5 Å². The third-order valence-electron chi connectivity index (χ3n) is 4.48. The number of fused-ring (bicyclic) bond motifs is 1. The molecule has 8 nitrogen and oxygen atoms in total. The fourth-order valence-corrected chi connectivity index (χ4v) is 3.23. The minimum Gasteiger partial charge on any atom is -0.354 e. The molecule has 0 aromatic carbocycles. The van der Waals surface area contributed by atoms with Crippen molar-refractivity contribution in [3.8, 4) is 6.07 Å². The average Bonchev–Trinajstić information content (AvgIpc) is 2.93. The normalized spacial score (nSPS) is 14.9. The minimum atomic E-state index is 0.335.